The van der Waals surface area contributed by atoms with Crippen molar-refractivity contribution in [3.63, 3.8) is 0 Å². The van der Waals surface area contributed by atoms with Crippen molar-refractivity contribution in [2.75, 3.05) is 6.61 Å². The van der Waals surface area contributed by atoms with Gasteiger partial charge in [0.2, 0.25) is 0 Å². The SMILES string of the molecule is CCn1c(C(O)(c2ccc(C)cc2)c2ncccc2F)nc2ccc(CCCO)cc21. The average Bonchev–Trinajstić information content (AvgIpc) is 3.16. The predicted molar refractivity (Wildman–Crippen MR) is 118 cm³/mol. The Morgan fingerprint density at radius 2 is 1.87 bits per heavy atom. The first-order valence-electron chi connectivity index (χ1n) is 10.5. The molecule has 0 spiro atoms. The molecule has 2 aromatic heterocycles. The zero-order valence-electron chi connectivity index (χ0n) is 17.7. The lowest BCUT2D eigenvalue weighted by molar-refractivity contribution is 0.102. The van der Waals surface area contributed by atoms with E-state index in [1.54, 1.807) is 12.1 Å². The molecule has 2 aromatic carbocycles. The number of halogens is 1. The van der Waals surface area contributed by atoms with Crippen LogP contribution in [0.15, 0.2) is 60.8 Å². The van der Waals surface area contributed by atoms with Crippen molar-refractivity contribution in [1.82, 2.24) is 14.5 Å². The lowest BCUT2D eigenvalue weighted by Gasteiger charge is -2.28. The summed E-state index contributed by atoms with van der Waals surface area (Å²) < 4.78 is 16.9. The Morgan fingerprint density at radius 1 is 1.10 bits per heavy atom. The number of benzene rings is 2. The first-order chi connectivity index (χ1) is 15.0. The van der Waals surface area contributed by atoms with E-state index in [1.165, 1.54) is 18.3 Å². The van der Waals surface area contributed by atoms with E-state index in [9.17, 15) is 9.50 Å². The van der Waals surface area contributed by atoms with Gasteiger partial charge in [-0.25, -0.2) is 9.37 Å². The molecule has 5 nitrogen and oxygen atoms in total. The molecule has 1 unspecified atom stereocenters. The summed E-state index contributed by atoms with van der Waals surface area (Å²) in [6.07, 6.45) is 2.89. The van der Waals surface area contributed by atoms with E-state index in [1.807, 2.05) is 48.7 Å². The number of aliphatic hydroxyl groups excluding tert-OH is 1. The van der Waals surface area contributed by atoms with Crippen LogP contribution in [-0.2, 0) is 18.6 Å². The summed E-state index contributed by atoms with van der Waals surface area (Å²) in [5, 5.41) is 21.3. The van der Waals surface area contributed by atoms with Crippen LogP contribution in [0.1, 0.15) is 41.6 Å². The van der Waals surface area contributed by atoms with Crippen LogP contribution in [-0.4, -0.2) is 31.4 Å². The third-order valence-electron chi connectivity index (χ3n) is 5.65. The first kappa shape index (κ1) is 21.2. The van der Waals surface area contributed by atoms with E-state index >= 15 is 0 Å². The van der Waals surface area contributed by atoms with E-state index in [2.05, 4.69) is 4.98 Å². The summed E-state index contributed by atoms with van der Waals surface area (Å²) in [5.74, 6) is -0.269. The molecule has 0 radical (unpaired) electrons. The maximum atomic E-state index is 14.9. The molecule has 0 aliphatic heterocycles. The Bertz CT molecular complexity index is 1200. The van der Waals surface area contributed by atoms with Gasteiger partial charge in [-0.1, -0.05) is 35.9 Å². The molecule has 0 aliphatic rings. The number of hydrogen-bond donors (Lipinski definition) is 2. The van der Waals surface area contributed by atoms with Crippen LogP contribution in [0.3, 0.4) is 0 Å². The number of rotatable bonds is 7. The van der Waals surface area contributed by atoms with Gasteiger partial charge >= 0.3 is 0 Å². The number of aryl methyl sites for hydroxylation is 3. The van der Waals surface area contributed by atoms with Gasteiger partial charge in [0, 0.05) is 19.3 Å². The van der Waals surface area contributed by atoms with Gasteiger partial charge in [-0.3, -0.25) is 4.98 Å². The Labute approximate surface area is 180 Å². The van der Waals surface area contributed by atoms with Gasteiger partial charge in [-0.05, 0) is 62.1 Å². The molecule has 4 rings (SSSR count). The van der Waals surface area contributed by atoms with Crippen molar-refractivity contribution in [3.8, 4) is 0 Å². The molecule has 0 saturated carbocycles. The number of nitrogens with zero attached hydrogens (tertiary/aromatic N) is 3. The zero-order chi connectivity index (χ0) is 22.0. The summed E-state index contributed by atoms with van der Waals surface area (Å²) in [6.45, 7) is 4.59. The number of hydrogen-bond acceptors (Lipinski definition) is 4. The van der Waals surface area contributed by atoms with Crippen molar-refractivity contribution in [1.29, 1.82) is 0 Å². The minimum atomic E-state index is -1.86. The van der Waals surface area contributed by atoms with Crippen LogP contribution < -0.4 is 0 Å². The number of fused-ring (bicyclic) bond motifs is 1. The topological polar surface area (TPSA) is 71.2 Å². The van der Waals surface area contributed by atoms with Gasteiger partial charge in [0.1, 0.15) is 11.5 Å². The smallest absolute Gasteiger partial charge is 0.193 e. The van der Waals surface area contributed by atoms with Gasteiger partial charge in [-0.15, -0.1) is 0 Å². The molecular weight excluding hydrogens is 393 g/mol. The Balaban J connectivity index is 1.99. The minimum Gasteiger partial charge on any atom is -0.396 e. The van der Waals surface area contributed by atoms with E-state index in [0.29, 0.717) is 29.9 Å². The monoisotopic (exact) mass is 419 g/mol. The maximum absolute atomic E-state index is 14.9. The Hall–Kier alpha value is -3.09. The summed E-state index contributed by atoms with van der Waals surface area (Å²) >= 11 is 0. The second-order valence-corrected chi connectivity index (χ2v) is 7.74. The third-order valence-corrected chi connectivity index (χ3v) is 5.65. The van der Waals surface area contributed by atoms with E-state index < -0.39 is 11.4 Å². The van der Waals surface area contributed by atoms with Crippen molar-refractivity contribution >= 4 is 11.0 Å². The number of imidazole rings is 1. The van der Waals surface area contributed by atoms with Crippen LogP contribution in [0.25, 0.3) is 11.0 Å². The highest BCUT2D eigenvalue weighted by Gasteiger charge is 2.42. The lowest BCUT2D eigenvalue weighted by atomic mass is 9.88. The van der Waals surface area contributed by atoms with Gasteiger partial charge < -0.3 is 14.8 Å². The molecule has 6 heteroatoms. The third kappa shape index (κ3) is 3.73. The summed E-state index contributed by atoms with van der Waals surface area (Å²) in [5.41, 5.74) is 2.24. The van der Waals surface area contributed by atoms with Gasteiger partial charge in [-0.2, -0.15) is 0 Å². The minimum absolute atomic E-state index is 0.0793. The highest BCUT2D eigenvalue weighted by Crippen LogP contribution is 2.38. The highest BCUT2D eigenvalue weighted by molar-refractivity contribution is 5.77. The molecule has 0 saturated heterocycles. The van der Waals surface area contributed by atoms with Crippen LogP contribution in [0, 0.1) is 12.7 Å². The fourth-order valence-electron chi connectivity index (χ4n) is 4.02. The standard InChI is InChI=1S/C25H26FN3O2/c1-3-29-22-16-18(6-5-15-30)10-13-21(22)28-24(29)25(31,19-11-8-17(2)9-12-19)23-20(26)7-4-14-27-23/h4,7-14,16,30-31H,3,5-6,15H2,1-2H3. The van der Waals surface area contributed by atoms with Gasteiger partial charge in [0.25, 0.3) is 0 Å². The van der Waals surface area contributed by atoms with Crippen LogP contribution in [0.2, 0.25) is 0 Å². The molecule has 4 aromatic rings. The molecule has 2 N–H and O–H groups in total. The molecule has 0 aliphatic carbocycles. The van der Waals surface area contributed by atoms with E-state index in [0.717, 1.165) is 23.1 Å². The second-order valence-electron chi connectivity index (χ2n) is 7.74. The van der Waals surface area contributed by atoms with Crippen molar-refractivity contribution in [3.05, 3.63) is 94.8 Å². The Morgan fingerprint density at radius 3 is 2.55 bits per heavy atom. The van der Waals surface area contributed by atoms with Crippen LogP contribution in [0.5, 0.6) is 0 Å². The fourth-order valence-corrected chi connectivity index (χ4v) is 4.02. The maximum Gasteiger partial charge on any atom is 0.193 e. The summed E-state index contributed by atoms with van der Waals surface area (Å²) in [6, 6.07) is 16.0. The van der Waals surface area contributed by atoms with Crippen molar-refractivity contribution < 1.29 is 14.6 Å². The average molecular weight is 420 g/mol. The normalized spacial score (nSPS) is 13.5. The Kier molecular flexibility index (Phi) is 5.85. The molecule has 0 fully saturated rings. The second kappa shape index (κ2) is 8.57. The van der Waals surface area contributed by atoms with Gasteiger partial charge in [0.05, 0.1) is 11.0 Å². The number of pyridine rings is 1. The zero-order valence-corrected chi connectivity index (χ0v) is 17.7. The predicted octanol–water partition coefficient (Wildman–Crippen LogP) is 4.11. The van der Waals surface area contributed by atoms with Crippen molar-refractivity contribution in [2.45, 2.75) is 38.8 Å². The quantitative estimate of drug-likeness (QED) is 0.473. The van der Waals surface area contributed by atoms with Crippen LogP contribution in [0.4, 0.5) is 4.39 Å². The molecule has 31 heavy (non-hydrogen) atoms. The molecule has 2 heterocycles. The van der Waals surface area contributed by atoms with Gasteiger partial charge in [0.15, 0.2) is 11.4 Å². The summed E-state index contributed by atoms with van der Waals surface area (Å²) in [4.78, 5) is 8.97. The number of aromatic nitrogens is 3. The molecule has 0 bridgehead atoms. The molecule has 0 amide bonds. The molecule has 1 atom stereocenters. The highest BCUT2D eigenvalue weighted by atomic mass is 19.1. The van der Waals surface area contributed by atoms with Crippen molar-refractivity contribution in [2.24, 2.45) is 0 Å². The van der Waals surface area contributed by atoms with E-state index in [-0.39, 0.29) is 12.3 Å². The lowest BCUT2D eigenvalue weighted by Crippen LogP contribution is -2.34. The van der Waals surface area contributed by atoms with E-state index in [4.69, 9.17) is 10.1 Å². The molecular formula is C25H26FN3O2. The first-order valence-corrected chi connectivity index (χ1v) is 10.5. The summed E-state index contributed by atoms with van der Waals surface area (Å²) in [7, 11) is 0. The van der Waals surface area contributed by atoms with Crippen LogP contribution >= 0.6 is 0 Å². The number of aliphatic hydroxyl groups is 2. The largest absolute Gasteiger partial charge is 0.396 e. The molecule has 160 valence electrons. The fraction of sp³-hybridized carbons (Fsp3) is 0.280.